The van der Waals surface area contributed by atoms with Crippen LogP contribution in [0, 0.1) is 0 Å². The molecular formula is C17H23N3S. The molecule has 1 aliphatic rings. The van der Waals surface area contributed by atoms with E-state index >= 15 is 0 Å². The molecule has 0 bridgehead atoms. The van der Waals surface area contributed by atoms with Crippen molar-refractivity contribution >= 4 is 16.5 Å². The molecule has 112 valence electrons. The molecule has 0 radical (unpaired) electrons. The maximum Gasteiger partial charge on any atom is 0.185 e. The number of likely N-dealkylation sites (N-methyl/N-ethyl adjacent to an activating group) is 1. The van der Waals surface area contributed by atoms with E-state index in [-0.39, 0.29) is 0 Å². The van der Waals surface area contributed by atoms with Gasteiger partial charge in [0.1, 0.15) is 0 Å². The van der Waals surface area contributed by atoms with Crippen molar-refractivity contribution < 1.29 is 0 Å². The molecule has 1 N–H and O–H groups in total. The second kappa shape index (κ2) is 6.58. The zero-order valence-electron chi connectivity index (χ0n) is 12.8. The Balaban J connectivity index is 1.68. The average molecular weight is 301 g/mol. The van der Waals surface area contributed by atoms with Gasteiger partial charge in [-0.1, -0.05) is 30.3 Å². The van der Waals surface area contributed by atoms with Crippen LogP contribution in [-0.2, 0) is 12.8 Å². The lowest BCUT2D eigenvalue weighted by molar-refractivity contribution is 0.490. The smallest absolute Gasteiger partial charge is 0.185 e. The van der Waals surface area contributed by atoms with Crippen molar-refractivity contribution in [2.24, 2.45) is 0 Å². The number of thiazole rings is 1. The van der Waals surface area contributed by atoms with E-state index < -0.39 is 0 Å². The van der Waals surface area contributed by atoms with Gasteiger partial charge in [-0.25, -0.2) is 4.98 Å². The van der Waals surface area contributed by atoms with E-state index in [4.69, 9.17) is 4.98 Å². The summed E-state index contributed by atoms with van der Waals surface area (Å²) in [6.45, 7) is 1.01. The van der Waals surface area contributed by atoms with E-state index in [1.165, 1.54) is 35.4 Å². The van der Waals surface area contributed by atoms with Crippen molar-refractivity contribution in [1.82, 2.24) is 10.3 Å². The van der Waals surface area contributed by atoms with Gasteiger partial charge in [0, 0.05) is 18.5 Å². The van der Waals surface area contributed by atoms with Gasteiger partial charge in [0.25, 0.3) is 0 Å². The third kappa shape index (κ3) is 3.27. The highest BCUT2D eigenvalue weighted by atomic mass is 32.1. The second-order valence-corrected chi connectivity index (χ2v) is 6.76. The van der Waals surface area contributed by atoms with E-state index in [2.05, 4.69) is 47.6 Å². The zero-order chi connectivity index (χ0) is 14.7. The summed E-state index contributed by atoms with van der Waals surface area (Å²) in [4.78, 5) is 8.67. The van der Waals surface area contributed by atoms with E-state index in [0.29, 0.717) is 6.04 Å². The Morgan fingerprint density at radius 3 is 2.90 bits per heavy atom. The first-order chi connectivity index (χ1) is 10.3. The minimum atomic E-state index is 0.446. The SMILES string of the molecule is CNC1CCCc2sc(N(C)CCc3ccccc3)nc21. The Labute approximate surface area is 131 Å². The third-order valence-electron chi connectivity index (χ3n) is 4.20. The van der Waals surface area contributed by atoms with E-state index in [0.717, 1.165) is 18.1 Å². The standard InChI is InChI=1S/C17H23N3S/c1-18-14-9-6-10-15-16(14)19-17(21-15)20(2)12-11-13-7-4-3-5-8-13/h3-5,7-8,14,18H,6,9-12H2,1-2H3. The van der Waals surface area contributed by atoms with Gasteiger partial charge < -0.3 is 10.2 Å². The van der Waals surface area contributed by atoms with Gasteiger partial charge in [-0.3, -0.25) is 0 Å². The van der Waals surface area contributed by atoms with Gasteiger partial charge in [0.2, 0.25) is 0 Å². The minimum absolute atomic E-state index is 0.446. The summed E-state index contributed by atoms with van der Waals surface area (Å²) >= 11 is 1.87. The molecule has 0 spiro atoms. The Hall–Kier alpha value is -1.39. The summed E-state index contributed by atoms with van der Waals surface area (Å²) in [6.07, 6.45) is 4.74. The van der Waals surface area contributed by atoms with Crippen LogP contribution < -0.4 is 10.2 Å². The highest BCUT2D eigenvalue weighted by Gasteiger charge is 2.24. The summed E-state index contributed by atoms with van der Waals surface area (Å²) in [5.74, 6) is 0. The van der Waals surface area contributed by atoms with Crippen molar-refractivity contribution in [3.8, 4) is 0 Å². The van der Waals surface area contributed by atoms with Gasteiger partial charge in [-0.2, -0.15) is 0 Å². The van der Waals surface area contributed by atoms with E-state index in [9.17, 15) is 0 Å². The molecule has 0 aliphatic heterocycles. The summed E-state index contributed by atoms with van der Waals surface area (Å²) < 4.78 is 0. The van der Waals surface area contributed by atoms with Crippen LogP contribution in [0.3, 0.4) is 0 Å². The van der Waals surface area contributed by atoms with Crippen molar-refractivity contribution in [1.29, 1.82) is 0 Å². The molecule has 3 rings (SSSR count). The molecule has 0 saturated heterocycles. The monoisotopic (exact) mass is 301 g/mol. The number of anilines is 1. The number of hydrogen-bond acceptors (Lipinski definition) is 4. The van der Waals surface area contributed by atoms with Crippen LogP contribution in [0.2, 0.25) is 0 Å². The fourth-order valence-electron chi connectivity index (χ4n) is 2.89. The van der Waals surface area contributed by atoms with Crippen LogP contribution in [0.1, 0.15) is 35.0 Å². The van der Waals surface area contributed by atoms with Gasteiger partial charge in [-0.05, 0) is 38.3 Å². The number of hydrogen-bond donors (Lipinski definition) is 1. The zero-order valence-corrected chi connectivity index (χ0v) is 13.6. The van der Waals surface area contributed by atoms with E-state index in [1.54, 1.807) is 0 Å². The normalized spacial score (nSPS) is 17.5. The van der Waals surface area contributed by atoms with Gasteiger partial charge in [0.15, 0.2) is 5.13 Å². The second-order valence-electron chi connectivity index (χ2n) is 5.70. The molecular weight excluding hydrogens is 278 g/mol. The molecule has 21 heavy (non-hydrogen) atoms. The molecule has 1 unspecified atom stereocenters. The van der Waals surface area contributed by atoms with Crippen molar-refractivity contribution in [2.75, 3.05) is 25.5 Å². The summed E-state index contributed by atoms with van der Waals surface area (Å²) in [7, 11) is 4.19. The predicted molar refractivity (Wildman–Crippen MR) is 90.3 cm³/mol. The first-order valence-electron chi connectivity index (χ1n) is 7.70. The molecule has 0 amide bonds. The number of nitrogens with one attached hydrogen (secondary N) is 1. The van der Waals surface area contributed by atoms with Gasteiger partial charge in [-0.15, -0.1) is 11.3 Å². The molecule has 1 aliphatic carbocycles. The van der Waals surface area contributed by atoms with E-state index in [1.807, 2.05) is 18.4 Å². The Morgan fingerprint density at radius 1 is 1.33 bits per heavy atom. The Kier molecular flexibility index (Phi) is 4.56. The average Bonchev–Trinajstić information content (AvgIpc) is 2.97. The maximum atomic E-state index is 4.90. The highest BCUT2D eigenvalue weighted by Crippen LogP contribution is 2.36. The van der Waals surface area contributed by atoms with Crippen LogP contribution in [-0.4, -0.2) is 25.6 Å². The minimum Gasteiger partial charge on any atom is -0.351 e. The lowest BCUT2D eigenvalue weighted by Crippen LogP contribution is -2.22. The fraction of sp³-hybridized carbons (Fsp3) is 0.471. The third-order valence-corrected chi connectivity index (χ3v) is 5.44. The molecule has 1 aromatic carbocycles. The lowest BCUT2D eigenvalue weighted by Gasteiger charge is -2.20. The fourth-order valence-corrected chi connectivity index (χ4v) is 4.04. The number of nitrogens with zero attached hydrogens (tertiary/aromatic N) is 2. The summed E-state index contributed by atoms with van der Waals surface area (Å²) in [6, 6.07) is 11.1. The first-order valence-corrected chi connectivity index (χ1v) is 8.51. The van der Waals surface area contributed by atoms with Crippen molar-refractivity contribution in [3.05, 3.63) is 46.5 Å². The number of fused-ring (bicyclic) bond motifs is 1. The molecule has 1 atom stereocenters. The maximum absolute atomic E-state index is 4.90. The number of rotatable bonds is 5. The highest BCUT2D eigenvalue weighted by molar-refractivity contribution is 7.15. The first kappa shape index (κ1) is 14.5. The van der Waals surface area contributed by atoms with Crippen LogP contribution in [0.15, 0.2) is 30.3 Å². The molecule has 1 heterocycles. The van der Waals surface area contributed by atoms with Crippen LogP contribution in [0.4, 0.5) is 5.13 Å². The van der Waals surface area contributed by atoms with Crippen LogP contribution >= 0.6 is 11.3 Å². The Bertz CT molecular complexity index is 579. The van der Waals surface area contributed by atoms with Crippen LogP contribution in [0.25, 0.3) is 0 Å². The van der Waals surface area contributed by atoms with Crippen molar-refractivity contribution in [3.63, 3.8) is 0 Å². The number of aromatic nitrogens is 1. The molecule has 0 fully saturated rings. The van der Waals surface area contributed by atoms with Gasteiger partial charge >= 0.3 is 0 Å². The quantitative estimate of drug-likeness (QED) is 0.917. The molecule has 0 saturated carbocycles. The summed E-state index contributed by atoms with van der Waals surface area (Å²) in [5.41, 5.74) is 2.68. The largest absolute Gasteiger partial charge is 0.351 e. The lowest BCUT2D eigenvalue weighted by atomic mass is 9.98. The predicted octanol–water partition coefficient (Wildman–Crippen LogP) is 3.42. The number of benzene rings is 1. The van der Waals surface area contributed by atoms with Crippen LogP contribution in [0.5, 0.6) is 0 Å². The summed E-state index contributed by atoms with van der Waals surface area (Å²) in [5, 5.41) is 4.56. The number of aryl methyl sites for hydroxylation is 1. The molecule has 3 nitrogen and oxygen atoms in total. The molecule has 1 aromatic heterocycles. The molecule has 4 heteroatoms. The Morgan fingerprint density at radius 2 is 2.14 bits per heavy atom. The topological polar surface area (TPSA) is 28.2 Å². The molecule has 2 aromatic rings. The van der Waals surface area contributed by atoms with Gasteiger partial charge in [0.05, 0.1) is 11.7 Å². The van der Waals surface area contributed by atoms with Crippen molar-refractivity contribution in [2.45, 2.75) is 31.7 Å².